The van der Waals surface area contributed by atoms with E-state index in [-0.39, 0.29) is 11.3 Å². The molecule has 0 fully saturated rings. The molecule has 2 rings (SSSR count). The van der Waals surface area contributed by atoms with Crippen molar-refractivity contribution in [1.29, 1.82) is 0 Å². The van der Waals surface area contributed by atoms with Crippen molar-refractivity contribution in [3.05, 3.63) is 34.5 Å². The Bertz CT molecular complexity index is 687. The molecule has 1 heterocycles. The zero-order chi connectivity index (χ0) is 15.0. The highest BCUT2D eigenvalue weighted by Crippen LogP contribution is 2.36. The predicted octanol–water partition coefficient (Wildman–Crippen LogP) is 2.90. The molecule has 0 radical (unpaired) electrons. The highest BCUT2D eigenvalue weighted by molar-refractivity contribution is 6.01. The summed E-state index contributed by atoms with van der Waals surface area (Å²) in [6.45, 7) is 5.83. The Morgan fingerprint density at radius 2 is 1.95 bits per heavy atom. The summed E-state index contributed by atoms with van der Waals surface area (Å²) >= 11 is 0. The number of nitrogen functional groups attached to an aromatic ring is 1. The number of nitrogens with two attached hydrogens (primary N) is 1. The summed E-state index contributed by atoms with van der Waals surface area (Å²) < 4.78 is 5.38. The van der Waals surface area contributed by atoms with Crippen molar-refractivity contribution in [2.75, 3.05) is 12.8 Å². The van der Waals surface area contributed by atoms with E-state index in [0.717, 1.165) is 28.0 Å². The fourth-order valence-electron chi connectivity index (χ4n) is 2.51. The van der Waals surface area contributed by atoms with Crippen molar-refractivity contribution < 1.29 is 14.6 Å². The van der Waals surface area contributed by atoms with Gasteiger partial charge in [-0.3, -0.25) is 0 Å². The Morgan fingerprint density at radius 1 is 1.30 bits per heavy atom. The zero-order valence-corrected chi connectivity index (χ0v) is 12.0. The highest BCUT2D eigenvalue weighted by atomic mass is 16.5. The molecule has 0 aliphatic heterocycles. The minimum Gasteiger partial charge on any atom is -0.496 e. The number of aromatic carboxylic acids is 1. The summed E-state index contributed by atoms with van der Waals surface area (Å²) in [6, 6.07) is 1.92. The lowest BCUT2D eigenvalue weighted by atomic mass is 9.95. The van der Waals surface area contributed by atoms with Crippen molar-refractivity contribution >= 4 is 11.7 Å². The number of aromatic nitrogens is 1. The van der Waals surface area contributed by atoms with E-state index in [1.807, 2.05) is 26.8 Å². The Hall–Kier alpha value is -2.43. The van der Waals surface area contributed by atoms with E-state index in [1.165, 1.54) is 6.20 Å². The van der Waals surface area contributed by atoms with Crippen LogP contribution in [0.25, 0.3) is 11.3 Å². The van der Waals surface area contributed by atoms with Gasteiger partial charge >= 0.3 is 5.97 Å². The van der Waals surface area contributed by atoms with Gasteiger partial charge in [-0.05, 0) is 43.5 Å². The maximum Gasteiger partial charge on any atom is 0.340 e. The number of aryl methyl sites for hydroxylation is 1. The molecule has 2 aromatic rings. The van der Waals surface area contributed by atoms with Crippen molar-refractivity contribution in [2.45, 2.75) is 20.8 Å². The average Bonchev–Trinajstić information content (AvgIpc) is 2.76. The molecule has 0 unspecified atom stereocenters. The van der Waals surface area contributed by atoms with E-state index in [2.05, 4.69) is 4.98 Å². The lowest BCUT2D eigenvalue weighted by Crippen LogP contribution is -2.03. The van der Waals surface area contributed by atoms with Crippen LogP contribution in [0.2, 0.25) is 0 Å². The molecule has 0 aliphatic carbocycles. The average molecular weight is 274 g/mol. The summed E-state index contributed by atoms with van der Waals surface area (Å²) in [5.74, 6) is -0.216. The van der Waals surface area contributed by atoms with Gasteiger partial charge in [0.2, 0.25) is 0 Å². The number of rotatable bonds is 3. The summed E-state index contributed by atoms with van der Waals surface area (Å²) in [5.41, 5.74) is 10.3. The summed E-state index contributed by atoms with van der Waals surface area (Å²) in [7, 11) is 1.63. The van der Waals surface area contributed by atoms with Crippen LogP contribution in [0, 0.1) is 20.8 Å². The highest BCUT2D eigenvalue weighted by Gasteiger charge is 2.21. The number of anilines is 1. The van der Waals surface area contributed by atoms with Crippen LogP contribution in [0.3, 0.4) is 0 Å². The van der Waals surface area contributed by atoms with Crippen LogP contribution >= 0.6 is 0 Å². The van der Waals surface area contributed by atoms with E-state index >= 15 is 0 Å². The number of H-pyrrole nitrogens is 1. The number of nitrogens with one attached hydrogen (secondary N) is 1. The van der Waals surface area contributed by atoms with Crippen LogP contribution in [-0.2, 0) is 0 Å². The van der Waals surface area contributed by atoms with Gasteiger partial charge in [-0.15, -0.1) is 0 Å². The fourth-order valence-corrected chi connectivity index (χ4v) is 2.51. The van der Waals surface area contributed by atoms with Crippen LogP contribution in [0.4, 0.5) is 5.69 Å². The number of carbonyl (C=O) groups is 1. The molecule has 1 aromatic carbocycles. The van der Waals surface area contributed by atoms with Crippen LogP contribution in [0.5, 0.6) is 5.75 Å². The third kappa shape index (κ3) is 2.01. The number of hydrogen-bond acceptors (Lipinski definition) is 3. The first-order valence-electron chi connectivity index (χ1n) is 6.23. The number of methoxy groups -OCH3 is 1. The summed E-state index contributed by atoms with van der Waals surface area (Å²) in [5, 5.41) is 9.30. The molecule has 0 bridgehead atoms. The van der Waals surface area contributed by atoms with E-state index < -0.39 is 5.97 Å². The molecule has 0 amide bonds. The molecule has 0 spiro atoms. The quantitative estimate of drug-likeness (QED) is 0.803. The maximum absolute atomic E-state index is 11.4. The molecule has 0 saturated heterocycles. The molecule has 106 valence electrons. The molecular formula is C15H18N2O3. The molecule has 1 aromatic heterocycles. The smallest absolute Gasteiger partial charge is 0.340 e. The normalized spacial score (nSPS) is 10.6. The van der Waals surface area contributed by atoms with Gasteiger partial charge < -0.3 is 20.6 Å². The lowest BCUT2D eigenvalue weighted by Gasteiger charge is -2.15. The second kappa shape index (κ2) is 4.92. The molecule has 0 atom stereocenters. The number of ether oxygens (including phenoxy) is 1. The molecule has 5 heteroatoms. The molecule has 5 nitrogen and oxygen atoms in total. The topological polar surface area (TPSA) is 88.3 Å². The van der Waals surface area contributed by atoms with Crippen LogP contribution in [0.1, 0.15) is 27.0 Å². The Morgan fingerprint density at radius 3 is 2.50 bits per heavy atom. The van der Waals surface area contributed by atoms with E-state index in [4.69, 9.17) is 10.5 Å². The minimum atomic E-state index is -1.04. The summed E-state index contributed by atoms with van der Waals surface area (Å²) in [4.78, 5) is 14.3. The predicted molar refractivity (Wildman–Crippen MR) is 78.4 cm³/mol. The van der Waals surface area contributed by atoms with Gasteiger partial charge in [0.05, 0.1) is 18.5 Å². The molecular weight excluding hydrogens is 256 g/mol. The van der Waals surface area contributed by atoms with Gasteiger partial charge in [0.25, 0.3) is 0 Å². The van der Waals surface area contributed by atoms with E-state index in [9.17, 15) is 9.90 Å². The minimum absolute atomic E-state index is 0.108. The van der Waals surface area contributed by atoms with Gasteiger partial charge in [-0.2, -0.15) is 0 Å². The second-order valence-electron chi connectivity index (χ2n) is 4.82. The number of hydrogen-bond donors (Lipinski definition) is 3. The number of carboxylic acid groups (broad SMARTS) is 1. The first kappa shape index (κ1) is 14.0. The Kier molecular flexibility index (Phi) is 3.44. The van der Waals surface area contributed by atoms with Crippen molar-refractivity contribution in [2.24, 2.45) is 0 Å². The Labute approximate surface area is 117 Å². The summed E-state index contributed by atoms with van der Waals surface area (Å²) in [6.07, 6.45) is 1.51. The fraction of sp³-hybridized carbons (Fsp3) is 0.267. The van der Waals surface area contributed by atoms with Gasteiger partial charge in [0, 0.05) is 11.8 Å². The third-order valence-corrected chi connectivity index (χ3v) is 3.62. The number of aromatic amines is 1. The largest absolute Gasteiger partial charge is 0.496 e. The van der Waals surface area contributed by atoms with Gasteiger partial charge in [-0.25, -0.2) is 4.79 Å². The van der Waals surface area contributed by atoms with Crippen LogP contribution in [-0.4, -0.2) is 23.2 Å². The van der Waals surface area contributed by atoms with Crippen molar-refractivity contribution in [3.63, 3.8) is 0 Å². The van der Waals surface area contributed by atoms with E-state index in [1.54, 1.807) is 7.11 Å². The maximum atomic E-state index is 11.4. The lowest BCUT2D eigenvalue weighted by molar-refractivity contribution is 0.0699. The standard InChI is InChI=1S/C15H18N2O3/c1-7-5-10(8(2)9(3)14(7)20-4)13-12(15(18)19)11(16)6-17-13/h5-6,17H,16H2,1-4H3,(H,18,19). The monoisotopic (exact) mass is 274 g/mol. The van der Waals surface area contributed by atoms with Crippen molar-refractivity contribution in [1.82, 2.24) is 4.98 Å². The number of carboxylic acids is 1. The van der Waals surface area contributed by atoms with Crippen LogP contribution < -0.4 is 10.5 Å². The first-order chi connectivity index (χ1) is 9.38. The van der Waals surface area contributed by atoms with E-state index in [0.29, 0.717) is 5.69 Å². The first-order valence-corrected chi connectivity index (χ1v) is 6.23. The third-order valence-electron chi connectivity index (χ3n) is 3.62. The second-order valence-corrected chi connectivity index (χ2v) is 4.82. The molecule has 20 heavy (non-hydrogen) atoms. The Balaban J connectivity index is 2.75. The molecule has 4 N–H and O–H groups in total. The van der Waals surface area contributed by atoms with Gasteiger partial charge in [-0.1, -0.05) is 0 Å². The number of benzene rings is 1. The van der Waals surface area contributed by atoms with Crippen molar-refractivity contribution in [3.8, 4) is 17.0 Å². The zero-order valence-electron chi connectivity index (χ0n) is 12.0. The van der Waals surface area contributed by atoms with Gasteiger partial charge in [0.1, 0.15) is 11.3 Å². The van der Waals surface area contributed by atoms with Gasteiger partial charge in [0.15, 0.2) is 0 Å². The van der Waals surface area contributed by atoms with Crippen LogP contribution in [0.15, 0.2) is 12.3 Å². The molecule has 0 saturated carbocycles. The molecule has 0 aliphatic rings. The SMILES string of the molecule is COc1c(C)cc(-c2[nH]cc(N)c2C(=O)O)c(C)c1C.